The number of ether oxygens (including phenoxy) is 1. The van der Waals surface area contributed by atoms with Gasteiger partial charge >= 0.3 is 6.09 Å². The van der Waals surface area contributed by atoms with E-state index in [4.69, 9.17) is 10.00 Å². The number of aromatic nitrogens is 1. The molecule has 24 heavy (non-hydrogen) atoms. The highest BCUT2D eigenvalue weighted by Gasteiger charge is 2.32. The SMILES string of the molecule is C=CNC[C@H]1CN(c2ccc(-n3ccc(C#N)c3)c(F)c2)C(=O)O1. The summed E-state index contributed by atoms with van der Waals surface area (Å²) in [5.74, 6) is -0.493. The summed E-state index contributed by atoms with van der Waals surface area (Å²) in [6.07, 6.45) is 3.85. The third-order valence-electron chi connectivity index (χ3n) is 3.71. The van der Waals surface area contributed by atoms with Crippen molar-refractivity contribution in [1.82, 2.24) is 9.88 Å². The lowest BCUT2D eigenvalue weighted by molar-refractivity contribution is 0.142. The van der Waals surface area contributed by atoms with Crippen LogP contribution in [0.4, 0.5) is 14.9 Å². The predicted molar refractivity (Wildman–Crippen MR) is 86.3 cm³/mol. The van der Waals surface area contributed by atoms with Crippen molar-refractivity contribution in [3.8, 4) is 11.8 Å². The third kappa shape index (κ3) is 2.94. The number of nitrogens with one attached hydrogen (secondary N) is 1. The molecule has 1 atom stereocenters. The molecule has 2 aromatic rings. The lowest BCUT2D eigenvalue weighted by Crippen LogP contribution is -2.28. The Labute approximate surface area is 138 Å². The Kier molecular flexibility index (Phi) is 4.20. The summed E-state index contributed by atoms with van der Waals surface area (Å²) in [5.41, 5.74) is 1.17. The van der Waals surface area contributed by atoms with E-state index in [0.717, 1.165) is 0 Å². The van der Waals surface area contributed by atoms with Gasteiger partial charge in [0.15, 0.2) is 0 Å². The second-order valence-corrected chi connectivity index (χ2v) is 5.28. The molecule has 1 fully saturated rings. The van der Waals surface area contributed by atoms with E-state index in [0.29, 0.717) is 30.0 Å². The van der Waals surface area contributed by atoms with Crippen molar-refractivity contribution < 1.29 is 13.9 Å². The summed E-state index contributed by atoms with van der Waals surface area (Å²) in [7, 11) is 0. The average molecular weight is 326 g/mol. The summed E-state index contributed by atoms with van der Waals surface area (Å²) in [6, 6.07) is 8.09. The maximum atomic E-state index is 14.4. The van der Waals surface area contributed by atoms with E-state index in [1.165, 1.54) is 21.7 Å². The van der Waals surface area contributed by atoms with Gasteiger partial charge in [-0.15, -0.1) is 0 Å². The van der Waals surface area contributed by atoms with E-state index in [-0.39, 0.29) is 6.10 Å². The summed E-state index contributed by atoms with van der Waals surface area (Å²) < 4.78 is 21.2. The van der Waals surface area contributed by atoms with Gasteiger partial charge in [-0.05, 0) is 30.5 Å². The fourth-order valence-electron chi connectivity index (χ4n) is 2.54. The zero-order valence-corrected chi connectivity index (χ0v) is 12.8. The summed E-state index contributed by atoms with van der Waals surface area (Å²) >= 11 is 0. The van der Waals surface area contributed by atoms with Gasteiger partial charge in [0.25, 0.3) is 0 Å². The van der Waals surface area contributed by atoms with E-state index in [9.17, 15) is 9.18 Å². The van der Waals surface area contributed by atoms with Crippen molar-refractivity contribution in [3.63, 3.8) is 0 Å². The lowest BCUT2D eigenvalue weighted by Gasteiger charge is -2.14. The van der Waals surface area contributed by atoms with Crippen LogP contribution in [0.1, 0.15) is 5.56 Å². The van der Waals surface area contributed by atoms with Crippen LogP contribution in [0.25, 0.3) is 5.69 Å². The number of anilines is 1. The number of halogens is 1. The molecule has 7 heteroatoms. The number of rotatable bonds is 5. The van der Waals surface area contributed by atoms with Gasteiger partial charge in [-0.3, -0.25) is 4.90 Å². The van der Waals surface area contributed by atoms with E-state index < -0.39 is 11.9 Å². The van der Waals surface area contributed by atoms with Crippen molar-refractivity contribution in [3.05, 3.63) is 60.8 Å². The van der Waals surface area contributed by atoms with Crippen molar-refractivity contribution in [2.24, 2.45) is 0 Å². The second-order valence-electron chi connectivity index (χ2n) is 5.28. The number of carbonyl (C=O) groups excluding carboxylic acids is 1. The number of cyclic esters (lactones) is 1. The molecule has 0 spiro atoms. The first-order chi connectivity index (χ1) is 11.6. The summed E-state index contributed by atoms with van der Waals surface area (Å²) in [5, 5.41) is 11.7. The van der Waals surface area contributed by atoms with Gasteiger partial charge < -0.3 is 14.6 Å². The number of amides is 1. The molecule has 1 saturated heterocycles. The van der Waals surface area contributed by atoms with Gasteiger partial charge in [0.1, 0.15) is 18.0 Å². The second kappa shape index (κ2) is 6.46. The first-order valence-corrected chi connectivity index (χ1v) is 7.33. The monoisotopic (exact) mass is 326 g/mol. The van der Waals surface area contributed by atoms with Crippen LogP contribution in [0.3, 0.4) is 0 Å². The highest BCUT2D eigenvalue weighted by atomic mass is 19.1. The van der Waals surface area contributed by atoms with Crippen LogP contribution in [0.15, 0.2) is 49.4 Å². The standard InChI is InChI=1S/C17H15FN4O2/c1-2-20-9-14-11-22(17(23)24-14)13-3-4-16(15(18)7-13)21-6-5-12(8-19)10-21/h2-7,10,14,20H,1,9,11H2/t14-/m0/s1. The molecule has 1 aromatic heterocycles. The topological polar surface area (TPSA) is 70.3 Å². The quantitative estimate of drug-likeness (QED) is 0.917. The van der Waals surface area contributed by atoms with Gasteiger partial charge in [0.2, 0.25) is 0 Å². The van der Waals surface area contributed by atoms with E-state index in [2.05, 4.69) is 11.9 Å². The molecule has 1 amide bonds. The maximum absolute atomic E-state index is 14.4. The molecule has 0 unspecified atom stereocenters. The first kappa shape index (κ1) is 15.6. The molecule has 2 heterocycles. The van der Waals surface area contributed by atoms with Crippen LogP contribution in [0.2, 0.25) is 0 Å². The largest absolute Gasteiger partial charge is 0.442 e. The van der Waals surface area contributed by atoms with Crippen LogP contribution >= 0.6 is 0 Å². The molecule has 1 N–H and O–H groups in total. The van der Waals surface area contributed by atoms with Crippen LogP contribution in [-0.2, 0) is 4.74 Å². The Hall–Kier alpha value is -3.27. The molecule has 0 bridgehead atoms. The Morgan fingerprint density at radius 3 is 3.00 bits per heavy atom. The fourth-order valence-corrected chi connectivity index (χ4v) is 2.54. The number of hydrogen-bond acceptors (Lipinski definition) is 4. The Morgan fingerprint density at radius 1 is 1.50 bits per heavy atom. The molecule has 122 valence electrons. The lowest BCUT2D eigenvalue weighted by atomic mass is 10.2. The van der Waals surface area contributed by atoms with Crippen LogP contribution in [0, 0.1) is 17.1 Å². The number of nitrogens with zero attached hydrogens (tertiary/aromatic N) is 3. The van der Waals surface area contributed by atoms with Crippen LogP contribution < -0.4 is 10.2 Å². The predicted octanol–water partition coefficient (Wildman–Crippen LogP) is 2.55. The van der Waals surface area contributed by atoms with Crippen LogP contribution in [0.5, 0.6) is 0 Å². The minimum absolute atomic E-state index is 0.303. The normalized spacial score (nSPS) is 16.6. The Balaban J connectivity index is 1.81. The Morgan fingerprint density at radius 2 is 2.33 bits per heavy atom. The number of nitriles is 1. The molecule has 0 aliphatic carbocycles. The summed E-state index contributed by atoms with van der Waals surface area (Å²) in [6.45, 7) is 4.32. The van der Waals surface area contributed by atoms with E-state index in [1.807, 2.05) is 6.07 Å². The molecule has 0 saturated carbocycles. The Bertz CT molecular complexity index is 824. The maximum Gasteiger partial charge on any atom is 0.414 e. The van der Waals surface area contributed by atoms with E-state index in [1.54, 1.807) is 30.6 Å². The summed E-state index contributed by atoms with van der Waals surface area (Å²) in [4.78, 5) is 13.3. The van der Waals surface area contributed by atoms with E-state index >= 15 is 0 Å². The number of carbonyl (C=O) groups is 1. The first-order valence-electron chi connectivity index (χ1n) is 7.33. The van der Waals surface area contributed by atoms with Gasteiger partial charge in [-0.1, -0.05) is 6.58 Å². The van der Waals surface area contributed by atoms with Gasteiger partial charge in [-0.25, -0.2) is 9.18 Å². The fraction of sp³-hybridized carbons (Fsp3) is 0.176. The van der Waals surface area contributed by atoms with Crippen molar-refractivity contribution in [2.75, 3.05) is 18.0 Å². The molecule has 3 rings (SSSR count). The van der Waals surface area contributed by atoms with Crippen molar-refractivity contribution in [1.29, 1.82) is 5.26 Å². The number of hydrogen-bond donors (Lipinski definition) is 1. The molecule has 1 aliphatic heterocycles. The molecular weight excluding hydrogens is 311 g/mol. The molecular formula is C17H15FN4O2. The molecule has 0 radical (unpaired) electrons. The zero-order valence-electron chi connectivity index (χ0n) is 12.8. The molecule has 1 aliphatic rings. The average Bonchev–Trinajstić information content (AvgIpc) is 3.19. The molecule has 1 aromatic carbocycles. The van der Waals surface area contributed by atoms with Gasteiger partial charge in [-0.2, -0.15) is 5.26 Å². The van der Waals surface area contributed by atoms with Gasteiger partial charge in [0.05, 0.1) is 30.0 Å². The van der Waals surface area contributed by atoms with Crippen molar-refractivity contribution >= 4 is 11.8 Å². The highest BCUT2D eigenvalue weighted by Crippen LogP contribution is 2.25. The van der Waals surface area contributed by atoms with Crippen molar-refractivity contribution in [2.45, 2.75) is 6.10 Å². The zero-order chi connectivity index (χ0) is 17.1. The number of benzene rings is 1. The van der Waals surface area contributed by atoms with Crippen LogP contribution in [-0.4, -0.2) is 29.9 Å². The minimum atomic E-state index is -0.509. The minimum Gasteiger partial charge on any atom is -0.442 e. The smallest absolute Gasteiger partial charge is 0.414 e. The van der Waals surface area contributed by atoms with Gasteiger partial charge in [0, 0.05) is 12.4 Å². The highest BCUT2D eigenvalue weighted by molar-refractivity contribution is 5.89. The molecule has 6 nitrogen and oxygen atoms in total. The third-order valence-corrected chi connectivity index (χ3v) is 3.71.